The molecule has 1 aliphatic rings. The van der Waals surface area contributed by atoms with Gasteiger partial charge in [0, 0.05) is 11.6 Å². The molecule has 1 saturated heterocycles. The molecule has 0 spiro atoms. The average Bonchev–Trinajstić information content (AvgIpc) is 3.32. The number of halogens is 1. The Kier molecular flexibility index (Phi) is 5.38. The Morgan fingerprint density at radius 1 is 1.41 bits per heavy atom. The Morgan fingerprint density at radius 3 is 2.81 bits per heavy atom. The summed E-state index contributed by atoms with van der Waals surface area (Å²) in [6.45, 7) is 1.71. The second kappa shape index (κ2) is 7.57. The van der Waals surface area contributed by atoms with Crippen molar-refractivity contribution < 1.29 is 22.4 Å². The normalized spacial score (nSPS) is 18.7. The molecule has 3 heterocycles. The molecule has 9 nitrogen and oxygen atoms in total. The smallest absolute Gasteiger partial charge is 0.305 e. The minimum atomic E-state index is -3.07. The van der Waals surface area contributed by atoms with Crippen molar-refractivity contribution in [2.45, 2.75) is 19.4 Å². The van der Waals surface area contributed by atoms with Gasteiger partial charge in [-0.1, -0.05) is 11.6 Å². The Labute approximate surface area is 160 Å². The van der Waals surface area contributed by atoms with E-state index < -0.39 is 21.7 Å². The molecule has 2 aromatic rings. The number of hydrogen-bond donors (Lipinski definition) is 2. The molecule has 2 aromatic heterocycles. The quantitative estimate of drug-likeness (QED) is 0.575. The maximum atomic E-state index is 11.9. The molecule has 0 radical (unpaired) electrons. The van der Waals surface area contributed by atoms with Crippen molar-refractivity contribution in [1.82, 2.24) is 20.6 Å². The van der Waals surface area contributed by atoms with Crippen molar-refractivity contribution >= 4 is 39.3 Å². The Bertz CT molecular complexity index is 994. The van der Waals surface area contributed by atoms with Crippen LogP contribution >= 0.6 is 11.6 Å². The fraction of sp³-hybridized carbons (Fsp3) is 0.312. The van der Waals surface area contributed by atoms with Crippen LogP contribution in [0.5, 0.6) is 0 Å². The van der Waals surface area contributed by atoms with Crippen LogP contribution in [0.25, 0.3) is 6.08 Å². The fourth-order valence-electron chi connectivity index (χ4n) is 2.72. The second-order valence-electron chi connectivity index (χ2n) is 6.05. The molecular weight excluding hydrogens is 396 g/mol. The van der Waals surface area contributed by atoms with Crippen LogP contribution in [0.1, 0.15) is 34.3 Å². The maximum Gasteiger partial charge on any atom is 0.305 e. The first kappa shape index (κ1) is 19.2. The van der Waals surface area contributed by atoms with Gasteiger partial charge < -0.3 is 4.42 Å². The third-order valence-electron chi connectivity index (χ3n) is 4.07. The predicted molar refractivity (Wildman–Crippen MR) is 97.6 cm³/mol. The SMILES string of the molecule is Cc1nn([C@H]2CCS(=O)(=O)C2)c(Cl)c1/C=C/C(=O)NNC(=O)c1ccco1. The van der Waals surface area contributed by atoms with Crippen molar-refractivity contribution in [3.05, 3.63) is 46.6 Å². The van der Waals surface area contributed by atoms with E-state index in [0.29, 0.717) is 17.7 Å². The summed E-state index contributed by atoms with van der Waals surface area (Å²) in [7, 11) is -3.07. The highest BCUT2D eigenvalue weighted by Gasteiger charge is 2.31. The van der Waals surface area contributed by atoms with Crippen molar-refractivity contribution in [2.75, 3.05) is 11.5 Å². The first-order valence-electron chi connectivity index (χ1n) is 8.04. The van der Waals surface area contributed by atoms with Gasteiger partial charge in [0.05, 0.1) is 29.5 Å². The van der Waals surface area contributed by atoms with Gasteiger partial charge >= 0.3 is 5.91 Å². The molecule has 1 fully saturated rings. The number of aryl methyl sites for hydroxylation is 1. The van der Waals surface area contributed by atoms with Crippen LogP contribution in [-0.2, 0) is 14.6 Å². The number of nitrogens with one attached hydrogen (secondary N) is 2. The molecule has 0 bridgehead atoms. The van der Waals surface area contributed by atoms with E-state index in [-0.39, 0.29) is 28.5 Å². The summed E-state index contributed by atoms with van der Waals surface area (Å²) >= 11 is 6.32. The van der Waals surface area contributed by atoms with E-state index >= 15 is 0 Å². The third-order valence-corrected chi connectivity index (χ3v) is 6.20. The van der Waals surface area contributed by atoms with E-state index in [4.69, 9.17) is 16.0 Å². The number of aromatic nitrogens is 2. The standard InChI is InChI=1S/C16H17ClN4O5S/c1-10-12(15(17)21(20-10)11-6-8-27(24,25)9-11)4-5-14(22)18-19-16(23)13-3-2-7-26-13/h2-5,7,11H,6,8-9H2,1H3,(H,18,22)(H,19,23)/b5-4+/t11-/m0/s1. The van der Waals surface area contributed by atoms with Gasteiger partial charge in [-0.2, -0.15) is 5.10 Å². The molecule has 2 N–H and O–H groups in total. The van der Waals surface area contributed by atoms with Gasteiger partial charge in [0.1, 0.15) is 5.15 Å². The first-order chi connectivity index (χ1) is 12.8. The number of carbonyl (C=O) groups excluding carboxylic acids is 2. The molecule has 3 rings (SSSR count). The zero-order valence-corrected chi connectivity index (χ0v) is 15.9. The van der Waals surface area contributed by atoms with Gasteiger partial charge in [-0.05, 0) is 31.6 Å². The molecule has 27 heavy (non-hydrogen) atoms. The van der Waals surface area contributed by atoms with Crippen molar-refractivity contribution in [3.8, 4) is 0 Å². The van der Waals surface area contributed by atoms with Crippen LogP contribution in [0.3, 0.4) is 0 Å². The maximum absolute atomic E-state index is 11.9. The molecule has 1 aliphatic heterocycles. The summed E-state index contributed by atoms with van der Waals surface area (Å²) in [5.74, 6) is -1.01. The lowest BCUT2D eigenvalue weighted by Gasteiger charge is -2.09. The number of hydrazine groups is 1. The minimum absolute atomic E-state index is 0.00368. The molecule has 0 aliphatic carbocycles. The molecule has 1 atom stereocenters. The van der Waals surface area contributed by atoms with E-state index in [9.17, 15) is 18.0 Å². The molecule has 144 valence electrons. The summed E-state index contributed by atoms with van der Waals surface area (Å²) in [6.07, 6.45) is 4.44. The third kappa shape index (κ3) is 4.40. The van der Waals surface area contributed by atoms with Gasteiger partial charge in [-0.25, -0.2) is 13.1 Å². The van der Waals surface area contributed by atoms with E-state index in [2.05, 4.69) is 16.0 Å². The summed E-state index contributed by atoms with van der Waals surface area (Å²) in [6, 6.07) is 2.69. The van der Waals surface area contributed by atoms with Crippen LogP contribution in [0.4, 0.5) is 0 Å². The molecular formula is C16H17ClN4O5S. The van der Waals surface area contributed by atoms with E-state index in [0.717, 1.165) is 0 Å². The number of carbonyl (C=O) groups is 2. The Morgan fingerprint density at radius 2 is 2.19 bits per heavy atom. The molecule has 0 saturated carbocycles. The number of hydrogen-bond acceptors (Lipinski definition) is 6. The van der Waals surface area contributed by atoms with Crippen LogP contribution in [0.15, 0.2) is 28.9 Å². The lowest BCUT2D eigenvalue weighted by atomic mass is 10.2. The topological polar surface area (TPSA) is 123 Å². The number of amides is 2. The second-order valence-corrected chi connectivity index (χ2v) is 8.63. The van der Waals surface area contributed by atoms with Gasteiger partial charge in [-0.15, -0.1) is 0 Å². The number of rotatable bonds is 4. The minimum Gasteiger partial charge on any atom is -0.459 e. The summed E-state index contributed by atoms with van der Waals surface area (Å²) in [4.78, 5) is 23.5. The summed E-state index contributed by atoms with van der Waals surface area (Å²) < 4.78 is 29.7. The largest absolute Gasteiger partial charge is 0.459 e. The van der Waals surface area contributed by atoms with Crippen LogP contribution < -0.4 is 10.9 Å². The number of furan rings is 1. The van der Waals surface area contributed by atoms with Crippen LogP contribution in [-0.4, -0.2) is 41.5 Å². The van der Waals surface area contributed by atoms with Gasteiger partial charge in [-0.3, -0.25) is 20.4 Å². The first-order valence-corrected chi connectivity index (χ1v) is 10.2. The lowest BCUT2D eigenvalue weighted by Crippen LogP contribution is -2.40. The zero-order valence-electron chi connectivity index (χ0n) is 14.3. The Balaban J connectivity index is 1.65. The van der Waals surface area contributed by atoms with Gasteiger partial charge in [0.15, 0.2) is 15.6 Å². The predicted octanol–water partition coefficient (Wildman–Crippen LogP) is 1.27. The highest BCUT2D eigenvalue weighted by atomic mass is 35.5. The summed E-state index contributed by atoms with van der Waals surface area (Å²) in [5.41, 5.74) is 5.49. The van der Waals surface area contributed by atoms with Crippen LogP contribution in [0, 0.1) is 6.92 Å². The Hall–Kier alpha value is -2.59. The lowest BCUT2D eigenvalue weighted by molar-refractivity contribution is -0.117. The molecule has 11 heteroatoms. The highest BCUT2D eigenvalue weighted by molar-refractivity contribution is 7.91. The van der Waals surface area contributed by atoms with Gasteiger partial charge in [0.25, 0.3) is 5.91 Å². The molecule has 0 aromatic carbocycles. The van der Waals surface area contributed by atoms with Crippen molar-refractivity contribution in [1.29, 1.82) is 0 Å². The zero-order chi connectivity index (χ0) is 19.6. The van der Waals surface area contributed by atoms with E-state index in [1.165, 1.54) is 29.2 Å². The van der Waals surface area contributed by atoms with Crippen LogP contribution in [0.2, 0.25) is 5.15 Å². The summed E-state index contributed by atoms with van der Waals surface area (Å²) in [5, 5.41) is 4.56. The van der Waals surface area contributed by atoms with Gasteiger partial charge in [0.2, 0.25) is 0 Å². The molecule has 2 amide bonds. The number of nitrogens with zero attached hydrogens (tertiary/aromatic N) is 2. The van der Waals surface area contributed by atoms with Crippen molar-refractivity contribution in [2.24, 2.45) is 0 Å². The van der Waals surface area contributed by atoms with Crippen molar-refractivity contribution in [3.63, 3.8) is 0 Å². The molecule has 0 unspecified atom stereocenters. The monoisotopic (exact) mass is 412 g/mol. The average molecular weight is 413 g/mol. The highest BCUT2D eigenvalue weighted by Crippen LogP contribution is 2.30. The van der Waals surface area contributed by atoms with E-state index in [1.54, 1.807) is 13.0 Å². The van der Waals surface area contributed by atoms with E-state index in [1.807, 2.05) is 0 Å². The fourth-order valence-corrected chi connectivity index (χ4v) is 4.79. The number of sulfone groups is 1.